The van der Waals surface area contributed by atoms with Gasteiger partial charge in [-0.2, -0.15) is 0 Å². The van der Waals surface area contributed by atoms with Gasteiger partial charge in [-0.25, -0.2) is 14.2 Å². The van der Waals surface area contributed by atoms with E-state index in [2.05, 4.69) is 4.98 Å². The quantitative estimate of drug-likeness (QED) is 0.945. The van der Waals surface area contributed by atoms with Crippen LogP contribution in [-0.2, 0) is 4.79 Å². The molecule has 2 aromatic rings. The zero-order valence-corrected chi connectivity index (χ0v) is 11.4. The number of nitrogens with zero attached hydrogens (tertiary/aromatic N) is 2. The minimum Gasteiger partial charge on any atom is -0.480 e. The number of carboxylic acid groups (broad SMARTS) is 1. The number of hydrogen-bond donors (Lipinski definition) is 1. The molecule has 1 fully saturated rings. The number of carbonyl (C=O) groups is 1. The minimum absolute atomic E-state index is 0.319. The Bertz CT molecular complexity index is 644. The lowest BCUT2D eigenvalue weighted by Gasteiger charge is -2.19. The lowest BCUT2D eigenvalue weighted by atomic mass is 10.2. The maximum absolute atomic E-state index is 13.7. The normalized spacial score (nSPS) is 18.4. The molecule has 104 valence electrons. The highest BCUT2D eigenvalue weighted by atomic mass is 32.1. The van der Waals surface area contributed by atoms with Gasteiger partial charge >= 0.3 is 5.97 Å². The lowest BCUT2D eigenvalue weighted by Crippen LogP contribution is -2.35. The first-order valence-electron chi connectivity index (χ1n) is 6.36. The molecule has 1 aromatic carbocycles. The Morgan fingerprint density at radius 2 is 2.25 bits per heavy atom. The largest absolute Gasteiger partial charge is 0.480 e. The number of hydrogen-bond acceptors (Lipinski definition) is 4. The summed E-state index contributed by atoms with van der Waals surface area (Å²) < 4.78 is 13.7. The molecule has 4 nitrogen and oxygen atoms in total. The summed E-state index contributed by atoms with van der Waals surface area (Å²) in [6.45, 7) is 0.682. The fraction of sp³-hybridized carbons (Fsp3) is 0.286. The molecular formula is C14H13FN2O2S. The van der Waals surface area contributed by atoms with Crippen molar-refractivity contribution in [2.75, 3.05) is 11.4 Å². The molecule has 0 radical (unpaired) electrons. The van der Waals surface area contributed by atoms with Crippen LogP contribution in [-0.4, -0.2) is 28.6 Å². The van der Waals surface area contributed by atoms with Crippen molar-refractivity contribution in [1.29, 1.82) is 0 Å². The van der Waals surface area contributed by atoms with Crippen LogP contribution < -0.4 is 4.90 Å². The fourth-order valence-corrected chi connectivity index (χ4v) is 3.34. The standard InChI is InChI=1S/C14H13FN2O2S/c15-10-5-2-1-4-9(10)11-8-20-14(16-11)17-7-3-6-12(17)13(18)19/h1-2,4-5,8,12H,3,6-7H2,(H,18,19)/t12-/m1/s1. The molecule has 0 saturated carbocycles. The molecule has 0 aliphatic carbocycles. The molecule has 1 aliphatic rings. The van der Waals surface area contributed by atoms with Crippen LogP contribution in [0.15, 0.2) is 29.6 Å². The van der Waals surface area contributed by atoms with Crippen LogP contribution in [0.2, 0.25) is 0 Å². The molecule has 0 unspecified atom stereocenters. The fourth-order valence-electron chi connectivity index (χ4n) is 2.44. The van der Waals surface area contributed by atoms with Crippen LogP contribution in [0.25, 0.3) is 11.3 Å². The van der Waals surface area contributed by atoms with Gasteiger partial charge in [0.25, 0.3) is 0 Å². The Morgan fingerprint density at radius 1 is 1.45 bits per heavy atom. The molecule has 1 aromatic heterocycles. The second-order valence-corrected chi connectivity index (χ2v) is 5.52. The highest BCUT2D eigenvalue weighted by molar-refractivity contribution is 7.14. The molecule has 1 N–H and O–H groups in total. The molecule has 0 spiro atoms. The third kappa shape index (κ3) is 2.27. The van der Waals surface area contributed by atoms with Gasteiger partial charge in [-0.3, -0.25) is 0 Å². The zero-order valence-electron chi connectivity index (χ0n) is 10.6. The van der Waals surface area contributed by atoms with Gasteiger partial charge in [-0.1, -0.05) is 12.1 Å². The Labute approximate surface area is 119 Å². The Morgan fingerprint density at radius 3 is 3.00 bits per heavy atom. The number of aromatic nitrogens is 1. The summed E-state index contributed by atoms with van der Waals surface area (Å²) in [6, 6.07) is 5.94. The van der Waals surface area contributed by atoms with E-state index < -0.39 is 12.0 Å². The van der Waals surface area contributed by atoms with Crippen molar-refractivity contribution in [3.05, 3.63) is 35.5 Å². The number of aliphatic carboxylic acids is 1. The van der Waals surface area contributed by atoms with Crippen LogP contribution in [0.1, 0.15) is 12.8 Å². The molecule has 0 amide bonds. The highest BCUT2D eigenvalue weighted by Crippen LogP contribution is 2.32. The van der Waals surface area contributed by atoms with Gasteiger partial charge in [0.1, 0.15) is 11.9 Å². The summed E-state index contributed by atoms with van der Waals surface area (Å²) in [4.78, 5) is 17.4. The SMILES string of the molecule is O=C(O)[C@H]1CCCN1c1nc(-c2ccccc2F)cs1. The van der Waals surface area contributed by atoms with Crippen molar-refractivity contribution in [2.45, 2.75) is 18.9 Å². The first kappa shape index (κ1) is 13.1. The molecule has 2 heterocycles. The number of benzene rings is 1. The number of carboxylic acids is 1. The topological polar surface area (TPSA) is 53.4 Å². The van der Waals surface area contributed by atoms with E-state index in [4.69, 9.17) is 0 Å². The van der Waals surface area contributed by atoms with E-state index in [0.29, 0.717) is 29.4 Å². The summed E-state index contributed by atoms with van der Waals surface area (Å²) in [5, 5.41) is 11.6. The molecule has 0 bridgehead atoms. The smallest absolute Gasteiger partial charge is 0.326 e. The average Bonchev–Trinajstić information content (AvgIpc) is 3.07. The van der Waals surface area contributed by atoms with E-state index in [1.54, 1.807) is 28.5 Å². The van der Waals surface area contributed by atoms with Gasteiger partial charge in [0, 0.05) is 17.5 Å². The second kappa shape index (κ2) is 5.20. The van der Waals surface area contributed by atoms with Crippen molar-refractivity contribution in [1.82, 2.24) is 4.98 Å². The molecular weight excluding hydrogens is 279 g/mol. The van der Waals surface area contributed by atoms with Gasteiger partial charge < -0.3 is 10.0 Å². The Kier molecular flexibility index (Phi) is 3.40. The number of rotatable bonds is 3. The van der Waals surface area contributed by atoms with E-state index in [1.807, 2.05) is 0 Å². The number of halogens is 1. The molecule has 1 saturated heterocycles. The maximum Gasteiger partial charge on any atom is 0.326 e. The summed E-state index contributed by atoms with van der Waals surface area (Å²) in [5.41, 5.74) is 1.00. The Balaban J connectivity index is 1.91. The Hall–Kier alpha value is -1.95. The predicted octanol–water partition coefficient (Wildman–Crippen LogP) is 3.00. The van der Waals surface area contributed by atoms with Crippen LogP contribution in [0.3, 0.4) is 0 Å². The first-order valence-corrected chi connectivity index (χ1v) is 7.24. The van der Waals surface area contributed by atoms with Gasteiger partial charge in [-0.05, 0) is 25.0 Å². The van der Waals surface area contributed by atoms with Crippen molar-refractivity contribution >= 4 is 22.4 Å². The second-order valence-electron chi connectivity index (χ2n) is 4.68. The van der Waals surface area contributed by atoms with Crippen molar-refractivity contribution in [3.63, 3.8) is 0 Å². The van der Waals surface area contributed by atoms with Gasteiger partial charge in [0.05, 0.1) is 5.69 Å². The van der Waals surface area contributed by atoms with E-state index >= 15 is 0 Å². The summed E-state index contributed by atoms with van der Waals surface area (Å²) in [7, 11) is 0. The maximum atomic E-state index is 13.7. The lowest BCUT2D eigenvalue weighted by molar-refractivity contribution is -0.138. The number of thiazole rings is 1. The summed E-state index contributed by atoms with van der Waals surface area (Å²) in [5.74, 6) is -1.15. The molecule has 20 heavy (non-hydrogen) atoms. The molecule has 3 rings (SSSR count). The first-order chi connectivity index (χ1) is 9.66. The van der Waals surface area contributed by atoms with Crippen LogP contribution in [0, 0.1) is 5.82 Å². The van der Waals surface area contributed by atoms with E-state index in [1.165, 1.54) is 17.4 Å². The van der Waals surface area contributed by atoms with Crippen molar-refractivity contribution in [3.8, 4) is 11.3 Å². The van der Waals surface area contributed by atoms with E-state index in [9.17, 15) is 14.3 Å². The third-order valence-electron chi connectivity index (χ3n) is 3.43. The van der Waals surface area contributed by atoms with Gasteiger partial charge in [-0.15, -0.1) is 11.3 Å². The number of anilines is 1. The van der Waals surface area contributed by atoms with E-state index in [0.717, 1.165) is 6.42 Å². The summed E-state index contributed by atoms with van der Waals surface area (Å²) >= 11 is 1.36. The van der Waals surface area contributed by atoms with Crippen LogP contribution >= 0.6 is 11.3 Å². The van der Waals surface area contributed by atoms with Crippen LogP contribution in [0.4, 0.5) is 9.52 Å². The average molecular weight is 292 g/mol. The zero-order chi connectivity index (χ0) is 14.1. The summed E-state index contributed by atoms with van der Waals surface area (Å²) in [6.07, 6.45) is 1.47. The predicted molar refractivity (Wildman–Crippen MR) is 75.5 cm³/mol. The molecule has 1 atom stereocenters. The highest BCUT2D eigenvalue weighted by Gasteiger charge is 2.32. The van der Waals surface area contributed by atoms with Gasteiger partial charge in [0.2, 0.25) is 0 Å². The van der Waals surface area contributed by atoms with E-state index in [-0.39, 0.29) is 5.82 Å². The van der Waals surface area contributed by atoms with Crippen molar-refractivity contribution in [2.24, 2.45) is 0 Å². The molecule has 1 aliphatic heterocycles. The molecule has 6 heteroatoms. The van der Waals surface area contributed by atoms with Crippen molar-refractivity contribution < 1.29 is 14.3 Å². The van der Waals surface area contributed by atoms with Crippen LogP contribution in [0.5, 0.6) is 0 Å². The monoisotopic (exact) mass is 292 g/mol. The van der Waals surface area contributed by atoms with Gasteiger partial charge in [0.15, 0.2) is 5.13 Å². The minimum atomic E-state index is -0.829. The third-order valence-corrected chi connectivity index (χ3v) is 4.30.